The molecule has 1 saturated carbocycles. The smallest absolute Gasteiger partial charge is 0.245 e. The number of hydrogen-bond acceptors (Lipinski definition) is 6. The third-order valence-electron chi connectivity index (χ3n) is 8.24. The fraction of sp³-hybridized carbons (Fsp3) is 0.290. The summed E-state index contributed by atoms with van der Waals surface area (Å²) < 4.78 is 59.0. The molecule has 0 unspecified atom stereocenters. The van der Waals surface area contributed by atoms with E-state index < -0.39 is 33.3 Å². The predicted molar refractivity (Wildman–Crippen MR) is 157 cm³/mol. The van der Waals surface area contributed by atoms with Crippen molar-refractivity contribution in [2.75, 3.05) is 0 Å². The molecule has 3 aromatic heterocycles. The number of rotatable bonds is 7. The third-order valence-corrected chi connectivity index (χ3v) is 10.6. The summed E-state index contributed by atoms with van der Waals surface area (Å²) in [5.74, 6) is -1.33. The highest BCUT2D eigenvalue weighted by Gasteiger charge is 2.52. The van der Waals surface area contributed by atoms with E-state index in [2.05, 4.69) is 15.1 Å². The van der Waals surface area contributed by atoms with Crippen LogP contribution in [0.5, 0.6) is 0 Å². The molecular formula is C31H28ClF2N5O3S. The molecule has 3 heterocycles. The monoisotopic (exact) mass is 623 g/mol. The lowest BCUT2D eigenvalue weighted by molar-refractivity contribution is 0.0722. The van der Waals surface area contributed by atoms with Gasteiger partial charge in [-0.2, -0.15) is 9.40 Å². The maximum atomic E-state index is 14.4. The number of carbonyl (C=O) groups is 1. The van der Waals surface area contributed by atoms with Crippen LogP contribution in [0.3, 0.4) is 0 Å². The molecule has 2 aliphatic rings. The van der Waals surface area contributed by atoms with Gasteiger partial charge in [-0.15, -0.1) is 0 Å². The molecule has 43 heavy (non-hydrogen) atoms. The summed E-state index contributed by atoms with van der Waals surface area (Å²) in [4.78, 5) is 22.6. The van der Waals surface area contributed by atoms with Gasteiger partial charge in [0.05, 0.1) is 23.0 Å². The van der Waals surface area contributed by atoms with Crippen LogP contribution in [-0.4, -0.2) is 50.3 Å². The number of sulfonamides is 1. The molecule has 1 aromatic carbocycles. The highest BCUT2D eigenvalue weighted by atomic mass is 35.5. The Morgan fingerprint density at radius 3 is 2.51 bits per heavy atom. The van der Waals surface area contributed by atoms with Gasteiger partial charge in [-0.25, -0.2) is 26.9 Å². The standard InChI is InChI=1S/C31H28ClF2N5O3S/c1-19(2)39(43(41,42)26-9-10-29(32)36-18-26)25-6-3-21-13-28-20(17-37-38(28)24-7-4-22(33)5-8-24)15-31(21,16-25)30(40)27-14-23(34)11-12-35-27/h4-5,7-14,17-19,25H,3,6,15-16H2,1-2H3/t25-,31-/m0/s1. The summed E-state index contributed by atoms with van der Waals surface area (Å²) >= 11 is 5.92. The van der Waals surface area contributed by atoms with Gasteiger partial charge in [0.15, 0.2) is 5.78 Å². The molecule has 2 aliphatic carbocycles. The van der Waals surface area contributed by atoms with Crippen LogP contribution in [-0.2, 0) is 16.4 Å². The zero-order valence-electron chi connectivity index (χ0n) is 23.4. The molecule has 0 N–H and O–H groups in total. The van der Waals surface area contributed by atoms with E-state index in [0.717, 1.165) is 22.9 Å². The van der Waals surface area contributed by atoms with Crippen molar-refractivity contribution in [1.29, 1.82) is 0 Å². The van der Waals surface area contributed by atoms with Crippen molar-refractivity contribution in [2.45, 2.75) is 56.5 Å². The number of pyridine rings is 2. The number of halogens is 3. The summed E-state index contributed by atoms with van der Waals surface area (Å²) in [5, 5.41) is 4.71. The third kappa shape index (κ3) is 5.19. The molecule has 0 saturated heterocycles. The molecule has 2 atom stereocenters. The molecule has 0 bridgehead atoms. The maximum Gasteiger partial charge on any atom is 0.245 e. The minimum absolute atomic E-state index is 0.00520. The Morgan fingerprint density at radius 1 is 1.07 bits per heavy atom. The van der Waals surface area contributed by atoms with Gasteiger partial charge in [0.1, 0.15) is 27.4 Å². The van der Waals surface area contributed by atoms with Crippen molar-refractivity contribution in [1.82, 2.24) is 24.1 Å². The molecule has 222 valence electrons. The van der Waals surface area contributed by atoms with Crippen molar-refractivity contribution in [3.63, 3.8) is 0 Å². The fourth-order valence-corrected chi connectivity index (χ4v) is 8.30. The first kappa shape index (κ1) is 29.3. The highest BCUT2D eigenvalue weighted by molar-refractivity contribution is 7.89. The Morgan fingerprint density at radius 2 is 1.84 bits per heavy atom. The topological polar surface area (TPSA) is 98.0 Å². The van der Waals surface area contributed by atoms with Crippen LogP contribution in [0, 0.1) is 17.0 Å². The van der Waals surface area contributed by atoms with Gasteiger partial charge in [0.2, 0.25) is 10.0 Å². The molecule has 0 radical (unpaired) electrons. The first-order valence-electron chi connectivity index (χ1n) is 13.8. The van der Waals surface area contributed by atoms with Crippen LogP contribution in [0.2, 0.25) is 5.15 Å². The average Bonchev–Trinajstić information content (AvgIpc) is 3.38. The molecule has 6 rings (SSSR count). The summed E-state index contributed by atoms with van der Waals surface area (Å²) in [6.07, 6.45) is 7.32. The minimum Gasteiger partial charge on any atom is -0.291 e. The lowest BCUT2D eigenvalue weighted by atomic mass is 9.60. The Kier molecular flexibility index (Phi) is 7.52. The number of benzene rings is 1. The number of fused-ring (bicyclic) bond motifs is 2. The van der Waals surface area contributed by atoms with Gasteiger partial charge in [-0.1, -0.05) is 17.2 Å². The molecule has 0 spiro atoms. The Hall–Kier alpha value is -3.80. The largest absolute Gasteiger partial charge is 0.291 e. The quantitative estimate of drug-likeness (QED) is 0.184. The SMILES string of the molecule is CC(C)N([C@H]1CCC2=Cc3c(cnn3-c3ccc(F)cc3)C[C@]2(C(=O)c2cc(F)ccn2)C1)S(=O)(=O)c1ccc(Cl)nc1. The van der Waals surface area contributed by atoms with Crippen LogP contribution in [0.25, 0.3) is 11.8 Å². The molecule has 4 aromatic rings. The summed E-state index contributed by atoms with van der Waals surface area (Å²) in [6.45, 7) is 3.58. The molecule has 0 amide bonds. The number of ketones is 1. The Bertz CT molecular complexity index is 1840. The number of nitrogens with zero attached hydrogens (tertiary/aromatic N) is 5. The number of allylic oxidation sites excluding steroid dienone is 1. The second-order valence-electron chi connectivity index (χ2n) is 11.2. The van der Waals surface area contributed by atoms with Crippen LogP contribution in [0.15, 0.2) is 77.6 Å². The van der Waals surface area contributed by atoms with E-state index in [4.69, 9.17) is 11.6 Å². The van der Waals surface area contributed by atoms with Gasteiger partial charge >= 0.3 is 0 Å². The highest BCUT2D eigenvalue weighted by Crippen LogP contribution is 2.51. The molecular weight excluding hydrogens is 596 g/mol. The van der Waals surface area contributed by atoms with Crippen molar-refractivity contribution in [2.24, 2.45) is 5.41 Å². The van der Waals surface area contributed by atoms with Crippen molar-refractivity contribution in [3.05, 3.63) is 106 Å². The van der Waals surface area contributed by atoms with Gasteiger partial charge in [0, 0.05) is 30.5 Å². The van der Waals surface area contributed by atoms with Crippen LogP contribution in [0.4, 0.5) is 8.78 Å². The van der Waals surface area contributed by atoms with Crippen LogP contribution in [0.1, 0.15) is 54.9 Å². The molecule has 1 fully saturated rings. The molecule has 8 nitrogen and oxygen atoms in total. The van der Waals surface area contributed by atoms with E-state index in [-0.39, 0.29) is 40.2 Å². The van der Waals surface area contributed by atoms with E-state index in [9.17, 15) is 22.0 Å². The number of aromatic nitrogens is 4. The molecule has 0 aliphatic heterocycles. The number of carbonyl (C=O) groups excluding carboxylic acids is 1. The second kappa shape index (κ2) is 11.0. The van der Waals surface area contributed by atoms with Gasteiger partial charge in [0.25, 0.3) is 0 Å². The first-order chi connectivity index (χ1) is 20.5. The van der Waals surface area contributed by atoms with E-state index in [1.165, 1.54) is 47.0 Å². The number of hydrogen-bond donors (Lipinski definition) is 0. The van der Waals surface area contributed by atoms with Gasteiger partial charge in [-0.3, -0.25) is 9.78 Å². The maximum absolute atomic E-state index is 14.4. The zero-order chi connectivity index (χ0) is 30.5. The van der Waals surface area contributed by atoms with Crippen molar-refractivity contribution in [3.8, 4) is 5.69 Å². The Labute approximate surface area is 253 Å². The second-order valence-corrected chi connectivity index (χ2v) is 13.4. The van der Waals surface area contributed by atoms with Crippen molar-refractivity contribution >= 4 is 33.5 Å². The van der Waals surface area contributed by atoms with Gasteiger partial charge < -0.3 is 0 Å². The van der Waals surface area contributed by atoms with E-state index in [1.54, 1.807) is 36.9 Å². The number of Topliss-reactive ketones (excluding diaryl/α,β-unsaturated/α-hetero) is 1. The predicted octanol–water partition coefficient (Wildman–Crippen LogP) is 6.05. The van der Waals surface area contributed by atoms with Crippen LogP contribution < -0.4 is 0 Å². The average molecular weight is 624 g/mol. The molecule has 12 heteroatoms. The summed E-state index contributed by atoms with van der Waals surface area (Å²) in [7, 11) is -4.02. The summed E-state index contributed by atoms with van der Waals surface area (Å²) in [6, 6.07) is 10.1. The zero-order valence-corrected chi connectivity index (χ0v) is 25.0. The fourth-order valence-electron chi connectivity index (χ4n) is 6.39. The first-order valence-corrected chi connectivity index (χ1v) is 15.7. The Balaban J connectivity index is 1.45. The minimum atomic E-state index is -4.02. The van der Waals surface area contributed by atoms with Crippen molar-refractivity contribution < 1.29 is 22.0 Å². The van der Waals surface area contributed by atoms with E-state index >= 15 is 0 Å². The van der Waals surface area contributed by atoms with E-state index in [1.807, 2.05) is 6.08 Å². The van der Waals surface area contributed by atoms with Gasteiger partial charge in [-0.05, 0) is 93.6 Å². The summed E-state index contributed by atoms with van der Waals surface area (Å²) in [5.41, 5.74) is 1.77. The van der Waals surface area contributed by atoms with Crippen LogP contribution >= 0.6 is 11.6 Å². The lowest BCUT2D eigenvalue weighted by Crippen LogP contribution is -2.52. The lowest BCUT2D eigenvalue weighted by Gasteiger charge is -2.47. The normalized spacial score (nSPS) is 20.1. The van der Waals surface area contributed by atoms with E-state index in [0.29, 0.717) is 18.5 Å².